The van der Waals surface area contributed by atoms with Gasteiger partial charge in [0.25, 0.3) is 0 Å². The van der Waals surface area contributed by atoms with Crippen molar-refractivity contribution in [3.8, 4) is 0 Å². The summed E-state index contributed by atoms with van der Waals surface area (Å²) in [5, 5.41) is 2.12. The Morgan fingerprint density at radius 1 is 1.58 bits per heavy atom. The number of thiophene rings is 1. The molecule has 1 aromatic heterocycles. The van der Waals surface area contributed by atoms with Gasteiger partial charge in [-0.2, -0.15) is 0 Å². The van der Waals surface area contributed by atoms with Crippen LogP contribution in [0.5, 0.6) is 0 Å². The molecule has 1 aliphatic rings. The third kappa shape index (κ3) is 1.14. The van der Waals surface area contributed by atoms with Crippen molar-refractivity contribution in [3.05, 3.63) is 21.9 Å². The van der Waals surface area contributed by atoms with Gasteiger partial charge < -0.3 is 4.90 Å². The van der Waals surface area contributed by atoms with Gasteiger partial charge in [0.05, 0.1) is 11.4 Å². The van der Waals surface area contributed by atoms with Gasteiger partial charge in [0.15, 0.2) is 0 Å². The van der Waals surface area contributed by atoms with E-state index in [1.165, 1.54) is 16.3 Å². The summed E-state index contributed by atoms with van der Waals surface area (Å²) < 4.78 is 0. The van der Waals surface area contributed by atoms with Crippen molar-refractivity contribution in [2.24, 2.45) is 4.99 Å². The van der Waals surface area contributed by atoms with Gasteiger partial charge in [-0.3, -0.25) is 4.99 Å². The van der Waals surface area contributed by atoms with Gasteiger partial charge in [0.2, 0.25) is 0 Å². The minimum atomic E-state index is 0.948. The molecule has 1 aromatic rings. The average Bonchev–Trinajstić information content (AvgIpc) is 2.59. The molecule has 0 saturated heterocycles. The maximum atomic E-state index is 4.47. The summed E-state index contributed by atoms with van der Waals surface area (Å²) in [6, 6.07) is 2.15. The smallest absolute Gasteiger partial charge is 0.141 e. The highest BCUT2D eigenvalue weighted by atomic mass is 32.1. The molecular formula is C9H12N2S. The average molecular weight is 180 g/mol. The van der Waals surface area contributed by atoms with Crippen LogP contribution in [0.25, 0.3) is 0 Å². The molecule has 0 aliphatic carbocycles. The molecule has 12 heavy (non-hydrogen) atoms. The second-order valence-corrected chi connectivity index (χ2v) is 3.98. The highest BCUT2D eigenvalue weighted by Crippen LogP contribution is 2.19. The third-order valence-corrected chi connectivity index (χ3v) is 3.14. The van der Waals surface area contributed by atoms with Crippen LogP contribution in [0.1, 0.15) is 10.4 Å². The highest BCUT2D eigenvalue weighted by Gasteiger charge is 2.16. The normalized spacial score (nSPS) is 16.8. The number of hydrogen-bond donors (Lipinski definition) is 0. The van der Waals surface area contributed by atoms with Crippen LogP contribution in [0, 0.1) is 6.92 Å². The zero-order valence-electron chi connectivity index (χ0n) is 7.37. The molecule has 0 N–H and O–H groups in total. The van der Waals surface area contributed by atoms with Gasteiger partial charge in [0, 0.05) is 13.6 Å². The number of aliphatic imine (C=N–C) groups is 1. The number of rotatable bonds is 1. The quantitative estimate of drug-likeness (QED) is 0.643. The summed E-state index contributed by atoms with van der Waals surface area (Å²) in [7, 11) is 2.10. The number of likely N-dealkylation sites (N-methyl/N-ethyl adjacent to an activating group) is 1. The summed E-state index contributed by atoms with van der Waals surface area (Å²) in [6.07, 6.45) is 0. The van der Waals surface area contributed by atoms with E-state index in [-0.39, 0.29) is 0 Å². The molecule has 0 radical (unpaired) electrons. The van der Waals surface area contributed by atoms with E-state index in [1.54, 1.807) is 11.3 Å². The summed E-state index contributed by atoms with van der Waals surface area (Å²) in [5.74, 6) is 1.17. The van der Waals surface area contributed by atoms with Crippen molar-refractivity contribution < 1.29 is 0 Å². The van der Waals surface area contributed by atoms with Gasteiger partial charge in [-0.25, -0.2) is 0 Å². The first-order valence-electron chi connectivity index (χ1n) is 4.09. The van der Waals surface area contributed by atoms with Crippen LogP contribution in [-0.4, -0.2) is 30.9 Å². The third-order valence-electron chi connectivity index (χ3n) is 2.12. The lowest BCUT2D eigenvalue weighted by molar-refractivity contribution is 0.557. The van der Waals surface area contributed by atoms with Crippen LogP contribution in [0.4, 0.5) is 0 Å². The van der Waals surface area contributed by atoms with Crippen molar-refractivity contribution in [1.29, 1.82) is 0 Å². The highest BCUT2D eigenvalue weighted by molar-refractivity contribution is 7.12. The lowest BCUT2D eigenvalue weighted by Gasteiger charge is -2.12. The van der Waals surface area contributed by atoms with E-state index in [4.69, 9.17) is 0 Å². The fraction of sp³-hybridized carbons (Fsp3) is 0.444. The van der Waals surface area contributed by atoms with Crippen molar-refractivity contribution >= 4 is 17.2 Å². The van der Waals surface area contributed by atoms with Gasteiger partial charge in [-0.15, -0.1) is 11.3 Å². The maximum Gasteiger partial charge on any atom is 0.141 e. The van der Waals surface area contributed by atoms with Crippen molar-refractivity contribution in [1.82, 2.24) is 4.90 Å². The Labute approximate surface area is 76.5 Å². The van der Waals surface area contributed by atoms with Crippen molar-refractivity contribution in [3.63, 3.8) is 0 Å². The second kappa shape index (κ2) is 2.90. The molecule has 0 fully saturated rings. The van der Waals surface area contributed by atoms with E-state index in [0.717, 1.165) is 13.1 Å². The lowest BCUT2D eigenvalue weighted by atomic mass is 10.3. The Morgan fingerprint density at radius 2 is 2.42 bits per heavy atom. The van der Waals surface area contributed by atoms with Gasteiger partial charge in [-0.1, -0.05) is 0 Å². The van der Waals surface area contributed by atoms with E-state index in [9.17, 15) is 0 Å². The monoisotopic (exact) mass is 180 g/mol. The molecule has 0 amide bonds. The minimum absolute atomic E-state index is 0.948. The molecule has 2 heterocycles. The fourth-order valence-electron chi connectivity index (χ4n) is 1.38. The van der Waals surface area contributed by atoms with Crippen LogP contribution in [-0.2, 0) is 0 Å². The molecule has 3 heteroatoms. The molecule has 0 unspecified atom stereocenters. The topological polar surface area (TPSA) is 15.6 Å². The number of amidine groups is 1. The lowest BCUT2D eigenvalue weighted by Crippen LogP contribution is -2.23. The maximum absolute atomic E-state index is 4.47. The van der Waals surface area contributed by atoms with Crippen LogP contribution in [0.2, 0.25) is 0 Å². The Bertz CT molecular complexity index is 314. The first-order chi connectivity index (χ1) is 5.79. The van der Waals surface area contributed by atoms with Crippen LogP contribution >= 0.6 is 11.3 Å². The number of hydrogen-bond acceptors (Lipinski definition) is 3. The molecule has 2 rings (SSSR count). The van der Waals surface area contributed by atoms with E-state index in [1.807, 2.05) is 0 Å². The van der Waals surface area contributed by atoms with E-state index in [2.05, 4.69) is 35.3 Å². The fourth-order valence-corrected chi connectivity index (χ4v) is 2.37. The number of nitrogens with zero attached hydrogens (tertiary/aromatic N) is 2. The van der Waals surface area contributed by atoms with Gasteiger partial charge >= 0.3 is 0 Å². The molecule has 0 bridgehead atoms. The Morgan fingerprint density at radius 3 is 2.92 bits per heavy atom. The first-order valence-corrected chi connectivity index (χ1v) is 4.97. The standard InChI is InChI=1S/C9H12N2S/c1-7-3-6-12-8(7)9-10-4-5-11(9)2/h3,6H,4-5H2,1-2H3. The van der Waals surface area contributed by atoms with Gasteiger partial charge in [-0.05, 0) is 23.9 Å². The van der Waals surface area contributed by atoms with Crippen LogP contribution in [0.15, 0.2) is 16.4 Å². The first kappa shape index (κ1) is 7.80. The second-order valence-electron chi connectivity index (χ2n) is 3.06. The molecule has 0 atom stereocenters. The Hall–Kier alpha value is -0.830. The summed E-state index contributed by atoms with van der Waals surface area (Å²) in [6.45, 7) is 4.15. The van der Waals surface area contributed by atoms with Crippen LogP contribution in [0.3, 0.4) is 0 Å². The predicted octanol–water partition coefficient (Wildman–Crippen LogP) is 1.75. The zero-order valence-corrected chi connectivity index (χ0v) is 8.19. The molecule has 0 saturated carbocycles. The van der Waals surface area contributed by atoms with E-state index in [0.29, 0.717) is 0 Å². The summed E-state index contributed by atoms with van der Waals surface area (Å²) in [4.78, 5) is 8.02. The van der Waals surface area contributed by atoms with Crippen molar-refractivity contribution in [2.45, 2.75) is 6.92 Å². The SMILES string of the molecule is Cc1ccsc1C1=NCCN1C. The van der Waals surface area contributed by atoms with E-state index >= 15 is 0 Å². The molecule has 2 nitrogen and oxygen atoms in total. The Kier molecular flexibility index (Phi) is 1.89. The van der Waals surface area contributed by atoms with E-state index < -0.39 is 0 Å². The summed E-state index contributed by atoms with van der Waals surface area (Å²) in [5.41, 5.74) is 1.34. The van der Waals surface area contributed by atoms with Gasteiger partial charge in [0.1, 0.15) is 5.84 Å². The largest absolute Gasteiger partial charge is 0.357 e. The van der Waals surface area contributed by atoms with Crippen LogP contribution < -0.4 is 0 Å². The Balaban J connectivity index is 2.37. The minimum Gasteiger partial charge on any atom is -0.357 e. The molecule has 0 aromatic carbocycles. The van der Waals surface area contributed by atoms with Crippen molar-refractivity contribution in [2.75, 3.05) is 20.1 Å². The number of aryl methyl sites for hydroxylation is 1. The predicted molar refractivity (Wildman–Crippen MR) is 53.1 cm³/mol. The molecule has 0 spiro atoms. The summed E-state index contributed by atoms with van der Waals surface area (Å²) >= 11 is 1.78. The zero-order chi connectivity index (χ0) is 8.55. The molecular weight excluding hydrogens is 168 g/mol. The molecule has 1 aliphatic heterocycles. The molecule has 64 valence electrons.